The molecule has 150 valence electrons. The van der Waals surface area contributed by atoms with Gasteiger partial charge in [-0.25, -0.2) is 13.1 Å². The van der Waals surface area contributed by atoms with Gasteiger partial charge in [0, 0.05) is 23.2 Å². The lowest BCUT2D eigenvalue weighted by atomic mass is 9.95. The maximum Gasteiger partial charge on any atom is 0.251 e. The molecule has 7 heteroatoms. The van der Waals surface area contributed by atoms with Gasteiger partial charge in [-0.2, -0.15) is 0 Å². The van der Waals surface area contributed by atoms with Crippen LogP contribution in [0.4, 0.5) is 0 Å². The Morgan fingerprint density at radius 1 is 1.11 bits per heavy atom. The van der Waals surface area contributed by atoms with Gasteiger partial charge in [-0.05, 0) is 49.1 Å². The number of carbonyl (C=O) groups is 1. The zero-order chi connectivity index (χ0) is 20.1. The Hall–Kier alpha value is -1.89. The van der Waals surface area contributed by atoms with Crippen molar-refractivity contribution in [1.29, 1.82) is 0 Å². The van der Waals surface area contributed by atoms with Crippen LogP contribution in [0.5, 0.6) is 0 Å². The summed E-state index contributed by atoms with van der Waals surface area (Å²) in [5, 5.41) is 3.55. The largest absolute Gasteiger partial charge is 0.349 e. The van der Waals surface area contributed by atoms with Gasteiger partial charge >= 0.3 is 0 Å². The van der Waals surface area contributed by atoms with Crippen molar-refractivity contribution in [2.45, 2.75) is 56.5 Å². The highest BCUT2D eigenvalue weighted by Crippen LogP contribution is 2.21. The molecule has 0 heterocycles. The summed E-state index contributed by atoms with van der Waals surface area (Å²) in [7, 11) is -3.77. The van der Waals surface area contributed by atoms with Gasteiger partial charge in [-0.15, -0.1) is 0 Å². The Balaban J connectivity index is 1.75. The number of carbonyl (C=O) groups excluding carboxylic acids is 1. The van der Waals surface area contributed by atoms with Crippen LogP contribution in [-0.4, -0.2) is 20.4 Å². The summed E-state index contributed by atoms with van der Waals surface area (Å²) in [6.07, 6.45) is 5.38. The van der Waals surface area contributed by atoms with E-state index in [0.717, 1.165) is 31.2 Å². The van der Waals surface area contributed by atoms with Gasteiger partial charge < -0.3 is 5.32 Å². The number of halogens is 1. The number of amides is 1. The van der Waals surface area contributed by atoms with E-state index in [1.807, 2.05) is 6.92 Å². The van der Waals surface area contributed by atoms with Gasteiger partial charge in [0.1, 0.15) is 0 Å². The molecule has 0 radical (unpaired) electrons. The molecule has 0 unspecified atom stereocenters. The summed E-state index contributed by atoms with van der Waals surface area (Å²) >= 11 is 6.09. The second-order valence-corrected chi connectivity index (χ2v) is 9.38. The van der Waals surface area contributed by atoms with E-state index >= 15 is 0 Å². The summed E-state index contributed by atoms with van der Waals surface area (Å²) in [5.74, 6) is -0.215. The van der Waals surface area contributed by atoms with Crippen molar-refractivity contribution in [3.8, 4) is 0 Å². The van der Waals surface area contributed by atoms with Crippen molar-refractivity contribution in [3.05, 3.63) is 64.2 Å². The first-order chi connectivity index (χ1) is 13.4. The zero-order valence-corrected chi connectivity index (χ0v) is 17.4. The fraction of sp³-hybridized carbons (Fsp3) is 0.381. The topological polar surface area (TPSA) is 75.3 Å². The summed E-state index contributed by atoms with van der Waals surface area (Å²) in [5.41, 5.74) is 1.83. The molecule has 2 aromatic rings. The first-order valence-electron chi connectivity index (χ1n) is 9.51. The lowest BCUT2D eigenvalue weighted by Crippen LogP contribution is -2.36. The molecule has 1 aliphatic carbocycles. The Morgan fingerprint density at radius 2 is 1.82 bits per heavy atom. The van der Waals surface area contributed by atoms with Crippen LogP contribution in [0, 0.1) is 6.92 Å². The first-order valence-corrected chi connectivity index (χ1v) is 11.4. The average molecular weight is 421 g/mol. The van der Waals surface area contributed by atoms with Crippen molar-refractivity contribution in [2.24, 2.45) is 0 Å². The number of sulfonamides is 1. The Morgan fingerprint density at radius 3 is 2.54 bits per heavy atom. The smallest absolute Gasteiger partial charge is 0.251 e. The molecule has 1 fully saturated rings. The van der Waals surface area contributed by atoms with Gasteiger partial charge in [0.2, 0.25) is 10.0 Å². The minimum atomic E-state index is -3.77. The number of hydrogen-bond acceptors (Lipinski definition) is 3. The van der Waals surface area contributed by atoms with Crippen LogP contribution >= 0.6 is 11.6 Å². The lowest BCUT2D eigenvalue weighted by molar-refractivity contribution is 0.0927. The molecule has 0 aromatic heterocycles. The van der Waals surface area contributed by atoms with Crippen molar-refractivity contribution >= 4 is 27.5 Å². The lowest BCUT2D eigenvalue weighted by Gasteiger charge is -2.23. The first kappa shape index (κ1) is 20.8. The maximum atomic E-state index is 12.7. The van der Waals surface area contributed by atoms with E-state index in [-0.39, 0.29) is 23.4 Å². The molecule has 5 nitrogen and oxygen atoms in total. The van der Waals surface area contributed by atoms with E-state index in [1.165, 1.54) is 18.6 Å². The molecule has 3 rings (SSSR count). The van der Waals surface area contributed by atoms with Crippen molar-refractivity contribution in [2.75, 3.05) is 0 Å². The van der Waals surface area contributed by atoms with E-state index in [2.05, 4.69) is 10.0 Å². The molecule has 0 spiro atoms. The minimum absolute atomic E-state index is 0.0685. The minimum Gasteiger partial charge on any atom is -0.349 e. The molecular formula is C21H25ClN2O3S. The van der Waals surface area contributed by atoms with Crippen LogP contribution in [0.1, 0.15) is 53.6 Å². The number of nitrogens with one attached hydrogen (secondary N) is 2. The molecule has 1 saturated carbocycles. The second kappa shape index (κ2) is 9.07. The molecule has 2 N–H and O–H groups in total. The fourth-order valence-corrected chi connectivity index (χ4v) is 4.66. The van der Waals surface area contributed by atoms with E-state index in [1.54, 1.807) is 30.3 Å². The van der Waals surface area contributed by atoms with E-state index in [4.69, 9.17) is 11.6 Å². The third kappa shape index (κ3) is 5.13. The Labute approximate surface area is 171 Å². The standard InChI is InChI=1S/C21H25ClN2O3S/c1-15-11-12-18(13-19(15)21(25)24-17-8-3-2-4-9-17)28(26,27)23-14-16-7-5-6-10-20(16)22/h5-7,10-13,17,23H,2-4,8-9,14H2,1H3,(H,24,25). The van der Waals surface area contributed by atoms with Crippen LogP contribution in [0.2, 0.25) is 5.02 Å². The molecule has 2 aromatic carbocycles. The molecule has 0 atom stereocenters. The highest BCUT2D eigenvalue weighted by molar-refractivity contribution is 7.89. The average Bonchev–Trinajstić information content (AvgIpc) is 2.68. The molecular weight excluding hydrogens is 396 g/mol. The monoisotopic (exact) mass is 420 g/mol. The molecule has 28 heavy (non-hydrogen) atoms. The number of aryl methyl sites for hydroxylation is 1. The van der Waals surface area contributed by atoms with Crippen LogP contribution in [0.15, 0.2) is 47.4 Å². The van der Waals surface area contributed by atoms with Crippen molar-refractivity contribution < 1.29 is 13.2 Å². The van der Waals surface area contributed by atoms with Crippen LogP contribution in [0.3, 0.4) is 0 Å². The third-order valence-electron chi connectivity index (χ3n) is 5.11. The predicted molar refractivity (Wildman–Crippen MR) is 111 cm³/mol. The van der Waals surface area contributed by atoms with Gasteiger partial charge in [-0.3, -0.25) is 4.79 Å². The van der Waals surface area contributed by atoms with E-state index in [0.29, 0.717) is 16.1 Å². The molecule has 1 amide bonds. The zero-order valence-electron chi connectivity index (χ0n) is 15.9. The maximum absolute atomic E-state index is 12.7. The Bertz CT molecular complexity index is 954. The van der Waals surface area contributed by atoms with Crippen molar-refractivity contribution in [3.63, 3.8) is 0 Å². The number of benzene rings is 2. The molecule has 0 bridgehead atoms. The van der Waals surface area contributed by atoms with Gasteiger partial charge in [-0.1, -0.05) is 55.1 Å². The summed E-state index contributed by atoms with van der Waals surface area (Å²) in [6, 6.07) is 11.9. The van der Waals surface area contributed by atoms with E-state index < -0.39 is 10.0 Å². The number of hydrogen-bond donors (Lipinski definition) is 2. The van der Waals surface area contributed by atoms with Crippen LogP contribution in [-0.2, 0) is 16.6 Å². The van der Waals surface area contributed by atoms with E-state index in [9.17, 15) is 13.2 Å². The highest BCUT2D eigenvalue weighted by Gasteiger charge is 2.21. The molecule has 1 aliphatic rings. The predicted octanol–water partition coefficient (Wildman–Crippen LogP) is 4.19. The Kier molecular flexibility index (Phi) is 6.75. The third-order valence-corrected chi connectivity index (χ3v) is 6.88. The summed E-state index contributed by atoms with van der Waals surface area (Å²) in [4.78, 5) is 12.8. The van der Waals surface area contributed by atoms with Gasteiger partial charge in [0.25, 0.3) is 5.91 Å². The van der Waals surface area contributed by atoms with Crippen LogP contribution < -0.4 is 10.0 Å². The SMILES string of the molecule is Cc1ccc(S(=O)(=O)NCc2ccccc2Cl)cc1C(=O)NC1CCCCC1. The fourth-order valence-electron chi connectivity index (χ4n) is 3.42. The number of rotatable bonds is 6. The molecule has 0 aliphatic heterocycles. The summed E-state index contributed by atoms with van der Waals surface area (Å²) < 4.78 is 28.0. The second-order valence-electron chi connectivity index (χ2n) is 7.20. The normalized spacial score (nSPS) is 15.4. The van der Waals surface area contributed by atoms with Crippen molar-refractivity contribution in [1.82, 2.24) is 10.0 Å². The summed E-state index contributed by atoms with van der Waals surface area (Å²) in [6.45, 7) is 1.89. The van der Waals surface area contributed by atoms with Gasteiger partial charge in [0.05, 0.1) is 4.90 Å². The highest BCUT2D eigenvalue weighted by atomic mass is 35.5. The van der Waals surface area contributed by atoms with Crippen LogP contribution in [0.25, 0.3) is 0 Å². The molecule has 0 saturated heterocycles. The quantitative estimate of drug-likeness (QED) is 0.735. The van der Waals surface area contributed by atoms with Gasteiger partial charge in [0.15, 0.2) is 0 Å².